The Bertz CT molecular complexity index is 3720. The third-order valence-electron chi connectivity index (χ3n) is 12.8. The second kappa shape index (κ2) is 25.6. The number of nitrogens with zero attached hydrogens (tertiary/aromatic N) is 10. The first-order valence-electron chi connectivity index (χ1n) is 26.0. The number of nitrogens with one attached hydrogen (secondary N) is 6. The van der Waals surface area contributed by atoms with Crippen LogP contribution in [0, 0.1) is 0 Å². The number of anilines is 10. The number of benzene rings is 6. The van der Waals surface area contributed by atoms with Gasteiger partial charge in [0, 0.05) is 97.3 Å². The van der Waals surface area contributed by atoms with Gasteiger partial charge in [0.05, 0.1) is 47.7 Å². The molecule has 0 aliphatic carbocycles. The van der Waals surface area contributed by atoms with Crippen molar-refractivity contribution in [2.75, 3.05) is 110 Å². The number of pyridine rings is 2. The van der Waals surface area contributed by atoms with Gasteiger partial charge in [-0.2, -0.15) is 29.9 Å². The summed E-state index contributed by atoms with van der Waals surface area (Å²) >= 11 is 12.5. The molecule has 406 valence electrons. The molecule has 6 N–H and O–H groups in total. The Morgan fingerprint density at radius 2 is 0.848 bits per heavy atom. The summed E-state index contributed by atoms with van der Waals surface area (Å²) in [5.41, 5.74) is 9.88. The molecule has 18 nitrogen and oxygen atoms in total. The maximum atomic E-state index is 6.28. The second-order valence-corrected chi connectivity index (χ2v) is 19.7. The molecule has 0 saturated heterocycles. The highest BCUT2D eigenvalue weighted by Gasteiger charge is 2.15. The molecule has 0 radical (unpaired) electrons. The van der Waals surface area contributed by atoms with Gasteiger partial charge in [-0.3, -0.25) is 0 Å². The molecule has 0 bridgehead atoms. The number of aromatic nitrogens is 8. The largest absolute Gasteiger partial charge is 0.497 e. The minimum atomic E-state index is 0.463. The highest BCUT2D eigenvalue weighted by atomic mass is 35.5. The topological polar surface area (TPSA) is 200 Å². The molecule has 0 saturated carbocycles. The number of halogens is 2. The van der Waals surface area contributed by atoms with E-state index < -0.39 is 0 Å². The van der Waals surface area contributed by atoms with Gasteiger partial charge in [0.15, 0.2) is 0 Å². The Kier molecular flexibility index (Phi) is 17.8. The lowest BCUT2D eigenvalue weighted by Gasteiger charge is -2.16. The van der Waals surface area contributed by atoms with Crippen LogP contribution in [0.1, 0.15) is 31.4 Å². The first-order chi connectivity index (χ1) is 38.4. The quantitative estimate of drug-likeness (QED) is 0.0293. The highest BCUT2D eigenvalue weighted by molar-refractivity contribution is 6.32. The molecule has 10 rings (SSSR count). The van der Waals surface area contributed by atoms with Gasteiger partial charge in [0.25, 0.3) is 0 Å². The molecular formula is C59H64Cl2N16O2. The lowest BCUT2D eigenvalue weighted by molar-refractivity contribution is 0.415. The van der Waals surface area contributed by atoms with Gasteiger partial charge >= 0.3 is 0 Å². The molecule has 4 heterocycles. The third-order valence-corrected chi connectivity index (χ3v) is 13.3. The molecule has 20 heteroatoms. The van der Waals surface area contributed by atoms with Crippen LogP contribution in [0.15, 0.2) is 121 Å². The fourth-order valence-corrected chi connectivity index (χ4v) is 8.94. The smallest absolute Gasteiger partial charge is 0.233 e. The van der Waals surface area contributed by atoms with Gasteiger partial charge < -0.3 is 51.2 Å². The van der Waals surface area contributed by atoms with Crippen molar-refractivity contribution in [2.24, 2.45) is 0 Å². The molecule has 0 atom stereocenters. The van der Waals surface area contributed by atoms with Gasteiger partial charge in [0.1, 0.15) is 11.5 Å². The number of fused-ring (bicyclic) bond motifs is 4. The Hall–Kier alpha value is -8.74. The molecule has 0 fully saturated rings. The minimum Gasteiger partial charge on any atom is -0.497 e. The summed E-state index contributed by atoms with van der Waals surface area (Å²) in [5, 5.41) is 25.9. The Balaban J connectivity index is 0.000000192. The summed E-state index contributed by atoms with van der Waals surface area (Å²) in [6.45, 7) is 6.91. The van der Waals surface area contributed by atoms with Crippen LogP contribution in [0.4, 0.5) is 58.4 Å². The summed E-state index contributed by atoms with van der Waals surface area (Å²) in [7, 11) is 10.9. The fraction of sp³-hybridized carbons (Fsp3) is 0.254. The molecule has 6 aromatic carbocycles. The van der Waals surface area contributed by atoms with Gasteiger partial charge in [-0.15, -0.1) is 0 Å². The number of ether oxygens (including phenoxy) is 2. The van der Waals surface area contributed by atoms with E-state index in [9.17, 15) is 0 Å². The van der Waals surface area contributed by atoms with Crippen molar-refractivity contribution in [2.45, 2.75) is 33.1 Å². The van der Waals surface area contributed by atoms with Gasteiger partial charge in [-0.25, -0.2) is 9.97 Å². The van der Waals surface area contributed by atoms with Crippen LogP contribution in [0.2, 0.25) is 10.0 Å². The molecule has 0 amide bonds. The Labute approximate surface area is 469 Å². The van der Waals surface area contributed by atoms with Crippen LogP contribution in [-0.2, 0) is 12.8 Å². The van der Waals surface area contributed by atoms with Crippen LogP contribution in [0.5, 0.6) is 11.5 Å². The maximum absolute atomic E-state index is 6.28. The van der Waals surface area contributed by atoms with Crippen LogP contribution < -0.4 is 51.2 Å². The molecule has 0 unspecified atom stereocenters. The normalized spacial score (nSPS) is 11.0. The molecule has 79 heavy (non-hydrogen) atoms. The number of rotatable bonds is 21. The molecule has 0 aliphatic rings. The van der Waals surface area contributed by atoms with E-state index in [1.54, 1.807) is 14.2 Å². The van der Waals surface area contributed by atoms with Crippen LogP contribution in [0.25, 0.3) is 43.6 Å². The zero-order chi connectivity index (χ0) is 55.4. The average Bonchev–Trinajstić information content (AvgIpc) is 3.54. The van der Waals surface area contributed by atoms with E-state index in [1.165, 1.54) is 11.1 Å². The lowest BCUT2D eigenvalue weighted by Crippen LogP contribution is -2.19. The summed E-state index contributed by atoms with van der Waals surface area (Å²) in [5.74, 6) is 4.61. The summed E-state index contributed by atoms with van der Waals surface area (Å²) in [6, 6.07) is 39.7. The monoisotopic (exact) mass is 1100 g/mol. The highest BCUT2D eigenvalue weighted by Crippen LogP contribution is 2.35. The number of hydrogen-bond acceptors (Lipinski definition) is 18. The van der Waals surface area contributed by atoms with Crippen LogP contribution in [0.3, 0.4) is 0 Å². The lowest BCUT2D eigenvalue weighted by atomic mass is 10.0. The second-order valence-electron chi connectivity index (χ2n) is 18.8. The zero-order valence-electron chi connectivity index (χ0n) is 45.5. The molecule has 0 spiro atoms. The number of aryl methyl sites for hydroxylation is 2. The van der Waals surface area contributed by atoms with Gasteiger partial charge in [0.2, 0.25) is 35.7 Å². The van der Waals surface area contributed by atoms with E-state index in [-0.39, 0.29) is 0 Å². The molecule has 0 aliphatic heterocycles. The van der Waals surface area contributed by atoms with E-state index in [2.05, 4.69) is 106 Å². The van der Waals surface area contributed by atoms with Gasteiger partial charge in [-0.05, 0) is 134 Å². The zero-order valence-corrected chi connectivity index (χ0v) is 47.1. The maximum Gasteiger partial charge on any atom is 0.233 e. The van der Waals surface area contributed by atoms with Crippen molar-refractivity contribution in [1.29, 1.82) is 0 Å². The van der Waals surface area contributed by atoms with E-state index in [4.69, 9.17) is 42.6 Å². The molecular weight excluding hydrogens is 1040 g/mol. The number of methoxy groups -OCH3 is 2. The first kappa shape index (κ1) is 55.0. The SMILES string of the molecule is CCc1ccc(Nc2nc(NCCNc3c4ccc(Cl)cc4nc4ccc(OC)cc34)nc(N(C)C)n2)cc1.CCc1ccc2nc3cc(Cl)ccc3c(NCCCNc3nc(Nc4ccc(OC)cc4)nc(N(C)C)n3)c2c1. The molecule has 4 aromatic heterocycles. The summed E-state index contributed by atoms with van der Waals surface area (Å²) in [6.07, 6.45) is 2.80. The van der Waals surface area contributed by atoms with E-state index in [1.807, 2.05) is 129 Å². The van der Waals surface area contributed by atoms with E-state index >= 15 is 0 Å². The van der Waals surface area contributed by atoms with Crippen molar-refractivity contribution in [3.05, 3.63) is 142 Å². The Morgan fingerprint density at radius 1 is 0.405 bits per heavy atom. The van der Waals surface area contributed by atoms with Crippen molar-refractivity contribution < 1.29 is 9.47 Å². The Morgan fingerprint density at radius 3 is 1.38 bits per heavy atom. The first-order valence-corrected chi connectivity index (χ1v) is 26.8. The standard InChI is InChI=1S/C30H33ClN8O.C29H31ClN8O/c1-5-19-7-14-25-24(17-19)27(23-13-8-20(31)18-26(23)35-25)32-15-6-16-33-28-36-29(38-30(37-28)39(2)3)34-21-9-11-22(40-4)12-10-21;1-5-18-6-9-20(10-7-18)33-28-35-27(36-29(37-28)38(2)3)32-15-14-31-26-22-12-8-19(30)16-25(22)34-24-13-11-21(39-4)17-23(24)26/h7-14,17-18H,5-6,15-16H2,1-4H3,(H,32,35)(H2,33,34,36,37,38);6-13,16-17H,5,14-15H2,1-4H3,(H,31,34)(H2,32,33,35,36,37). The van der Waals surface area contributed by atoms with Crippen LogP contribution >= 0.6 is 23.2 Å². The van der Waals surface area contributed by atoms with E-state index in [0.29, 0.717) is 65.4 Å². The van der Waals surface area contributed by atoms with Crippen molar-refractivity contribution in [1.82, 2.24) is 39.9 Å². The van der Waals surface area contributed by atoms with Gasteiger partial charge in [-0.1, -0.05) is 55.2 Å². The predicted molar refractivity (Wildman–Crippen MR) is 327 cm³/mol. The summed E-state index contributed by atoms with van der Waals surface area (Å²) in [4.78, 5) is 40.7. The predicted octanol–water partition coefficient (Wildman–Crippen LogP) is 12.7. The molecule has 10 aromatic rings. The fourth-order valence-electron chi connectivity index (χ4n) is 8.61. The van der Waals surface area contributed by atoms with Crippen LogP contribution in [-0.4, -0.2) is 108 Å². The summed E-state index contributed by atoms with van der Waals surface area (Å²) < 4.78 is 10.7. The van der Waals surface area contributed by atoms with E-state index in [0.717, 1.165) is 104 Å². The minimum absolute atomic E-state index is 0.463. The van der Waals surface area contributed by atoms with Crippen molar-refractivity contribution in [3.63, 3.8) is 0 Å². The van der Waals surface area contributed by atoms with Crippen molar-refractivity contribution >= 4 is 125 Å². The third kappa shape index (κ3) is 13.9. The average molecular weight is 1100 g/mol. The van der Waals surface area contributed by atoms with Crippen molar-refractivity contribution in [3.8, 4) is 11.5 Å². The number of hydrogen-bond donors (Lipinski definition) is 6.